The smallest absolute Gasteiger partial charge is 0.118 e. The maximum atomic E-state index is 6.02. The Balaban J connectivity index is 1.91. The topological polar surface area (TPSA) is 47.3 Å². The fourth-order valence-electron chi connectivity index (χ4n) is 2.72. The Bertz CT molecular complexity index is 363. The van der Waals surface area contributed by atoms with Crippen molar-refractivity contribution in [1.29, 1.82) is 0 Å². The van der Waals surface area contributed by atoms with Gasteiger partial charge in [0.15, 0.2) is 0 Å². The van der Waals surface area contributed by atoms with E-state index in [0.717, 1.165) is 12.2 Å². The molecule has 0 amide bonds. The number of hydrogen-bond donors (Lipinski definition) is 2. The zero-order valence-corrected chi connectivity index (χ0v) is 11.4. The molecule has 1 aromatic rings. The van der Waals surface area contributed by atoms with Crippen molar-refractivity contribution in [2.75, 3.05) is 7.11 Å². The van der Waals surface area contributed by atoms with Crippen molar-refractivity contribution in [3.8, 4) is 5.75 Å². The molecule has 2 rings (SSSR count). The number of rotatable bonds is 4. The second-order valence-electron chi connectivity index (χ2n) is 5.29. The van der Waals surface area contributed by atoms with Crippen molar-refractivity contribution in [2.24, 2.45) is 5.73 Å². The predicted molar refractivity (Wildman–Crippen MR) is 74.8 cm³/mol. The highest BCUT2D eigenvalue weighted by Crippen LogP contribution is 2.22. The largest absolute Gasteiger partial charge is 0.497 e. The van der Waals surface area contributed by atoms with Gasteiger partial charge in [-0.1, -0.05) is 18.6 Å². The first-order chi connectivity index (χ1) is 8.69. The summed E-state index contributed by atoms with van der Waals surface area (Å²) in [5.74, 6) is 0.908. The maximum absolute atomic E-state index is 6.02. The molecule has 0 radical (unpaired) electrons. The summed E-state index contributed by atoms with van der Waals surface area (Å²) in [6.45, 7) is 2.21. The summed E-state index contributed by atoms with van der Waals surface area (Å²) in [6.07, 6.45) is 4.76. The van der Waals surface area contributed by atoms with E-state index in [1.807, 2.05) is 12.1 Å². The van der Waals surface area contributed by atoms with Crippen molar-refractivity contribution in [1.82, 2.24) is 5.32 Å². The normalized spacial score (nSPS) is 25.7. The van der Waals surface area contributed by atoms with Crippen molar-refractivity contribution in [3.05, 3.63) is 29.8 Å². The monoisotopic (exact) mass is 248 g/mol. The highest BCUT2D eigenvalue weighted by molar-refractivity contribution is 5.28. The van der Waals surface area contributed by atoms with Crippen LogP contribution in [0.15, 0.2) is 24.3 Å². The molecule has 0 spiro atoms. The van der Waals surface area contributed by atoms with Crippen LogP contribution in [0, 0.1) is 0 Å². The molecular weight excluding hydrogens is 224 g/mol. The number of benzene rings is 1. The lowest BCUT2D eigenvalue weighted by molar-refractivity contribution is 0.319. The standard InChI is InChI=1S/C15H24N2O/c1-11(12-6-8-15(18-2)9-7-12)17-14-5-3-4-13(16)10-14/h6-9,11,13-14,17H,3-5,10,16H2,1-2H3/t11-,13?,14?/m0/s1. The molecule has 1 aliphatic rings. The first-order valence-corrected chi connectivity index (χ1v) is 6.84. The molecule has 3 N–H and O–H groups in total. The van der Waals surface area contributed by atoms with Gasteiger partial charge in [-0.05, 0) is 43.9 Å². The van der Waals surface area contributed by atoms with Gasteiger partial charge in [0.05, 0.1) is 7.11 Å². The van der Waals surface area contributed by atoms with Crippen LogP contribution in [0.1, 0.15) is 44.2 Å². The Kier molecular flexibility index (Phi) is 4.61. The Morgan fingerprint density at radius 1 is 1.28 bits per heavy atom. The number of hydrogen-bond acceptors (Lipinski definition) is 3. The van der Waals surface area contributed by atoms with E-state index in [0.29, 0.717) is 18.1 Å². The Morgan fingerprint density at radius 2 is 2.00 bits per heavy atom. The highest BCUT2D eigenvalue weighted by Gasteiger charge is 2.20. The van der Waals surface area contributed by atoms with Gasteiger partial charge in [-0.3, -0.25) is 0 Å². The summed E-state index contributed by atoms with van der Waals surface area (Å²) in [6, 6.07) is 9.58. The maximum Gasteiger partial charge on any atom is 0.118 e. The Labute approximate surface area is 110 Å². The molecule has 2 unspecified atom stereocenters. The van der Waals surface area contributed by atoms with Crippen LogP contribution in [-0.2, 0) is 0 Å². The van der Waals surface area contributed by atoms with Gasteiger partial charge < -0.3 is 15.8 Å². The first kappa shape index (κ1) is 13.4. The van der Waals surface area contributed by atoms with Crippen LogP contribution in [-0.4, -0.2) is 19.2 Å². The molecule has 1 fully saturated rings. The second-order valence-corrected chi connectivity index (χ2v) is 5.29. The summed E-state index contributed by atoms with van der Waals surface area (Å²) in [4.78, 5) is 0. The first-order valence-electron chi connectivity index (χ1n) is 6.84. The summed E-state index contributed by atoms with van der Waals surface area (Å²) >= 11 is 0. The number of nitrogens with two attached hydrogens (primary N) is 1. The quantitative estimate of drug-likeness (QED) is 0.861. The van der Waals surface area contributed by atoms with E-state index in [1.165, 1.54) is 24.8 Å². The van der Waals surface area contributed by atoms with Crippen LogP contribution in [0.25, 0.3) is 0 Å². The molecule has 0 aromatic heterocycles. The fraction of sp³-hybridized carbons (Fsp3) is 0.600. The van der Waals surface area contributed by atoms with Gasteiger partial charge >= 0.3 is 0 Å². The molecule has 0 saturated heterocycles. The molecule has 0 heterocycles. The van der Waals surface area contributed by atoms with Gasteiger partial charge in [-0.2, -0.15) is 0 Å². The van der Waals surface area contributed by atoms with Gasteiger partial charge in [0.1, 0.15) is 5.75 Å². The highest BCUT2D eigenvalue weighted by atomic mass is 16.5. The molecule has 3 heteroatoms. The zero-order chi connectivity index (χ0) is 13.0. The van der Waals surface area contributed by atoms with E-state index >= 15 is 0 Å². The van der Waals surface area contributed by atoms with E-state index in [9.17, 15) is 0 Å². The third kappa shape index (κ3) is 3.47. The average Bonchev–Trinajstić information content (AvgIpc) is 2.39. The average molecular weight is 248 g/mol. The molecular formula is C15H24N2O. The summed E-state index contributed by atoms with van der Waals surface area (Å²) in [7, 11) is 1.69. The Morgan fingerprint density at radius 3 is 2.61 bits per heavy atom. The minimum Gasteiger partial charge on any atom is -0.497 e. The van der Waals surface area contributed by atoms with Gasteiger partial charge in [0.2, 0.25) is 0 Å². The summed E-state index contributed by atoms with van der Waals surface area (Å²) in [5.41, 5.74) is 7.32. The van der Waals surface area contributed by atoms with E-state index in [1.54, 1.807) is 7.11 Å². The number of methoxy groups -OCH3 is 1. The fourth-order valence-corrected chi connectivity index (χ4v) is 2.72. The van der Waals surface area contributed by atoms with Crippen LogP contribution in [0.5, 0.6) is 5.75 Å². The molecule has 3 atom stereocenters. The van der Waals surface area contributed by atoms with E-state index in [4.69, 9.17) is 10.5 Å². The third-order valence-electron chi connectivity index (χ3n) is 3.82. The van der Waals surface area contributed by atoms with Gasteiger partial charge in [0.25, 0.3) is 0 Å². The van der Waals surface area contributed by atoms with E-state index in [-0.39, 0.29) is 0 Å². The minimum atomic E-state index is 0.367. The summed E-state index contributed by atoms with van der Waals surface area (Å²) in [5, 5.41) is 3.68. The molecule has 1 aromatic carbocycles. The summed E-state index contributed by atoms with van der Waals surface area (Å²) < 4.78 is 5.18. The van der Waals surface area contributed by atoms with Crippen molar-refractivity contribution in [3.63, 3.8) is 0 Å². The lowest BCUT2D eigenvalue weighted by Gasteiger charge is -2.30. The van der Waals surface area contributed by atoms with Crippen molar-refractivity contribution >= 4 is 0 Å². The zero-order valence-electron chi connectivity index (χ0n) is 11.4. The lowest BCUT2D eigenvalue weighted by atomic mass is 9.91. The van der Waals surface area contributed by atoms with Crippen LogP contribution < -0.4 is 15.8 Å². The molecule has 0 bridgehead atoms. The molecule has 3 nitrogen and oxygen atoms in total. The van der Waals surface area contributed by atoms with Crippen LogP contribution >= 0.6 is 0 Å². The van der Waals surface area contributed by atoms with Crippen LogP contribution in [0.4, 0.5) is 0 Å². The molecule has 0 aliphatic heterocycles. The minimum absolute atomic E-state index is 0.367. The van der Waals surface area contributed by atoms with Crippen LogP contribution in [0.3, 0.4) is 0 Å². The predicted octanol–water partition coefficient (Wildman–Crippen LogP) is 2.62. The third-order valence-corrected chi connectivity index (χ3v) is 3.82. The van der Waals surface area contributed by atoms with Gasteiger partial charge in [-0.25, -0.2) is 0 Å². The van der Waals surface area contributed by atoms with Crippen molar-refractivity contribution in [2.45, 2.75) is 50.7 Å². The van der Waals surface area contributed by atoms with Gasteiger partial charge in [-0.15, -0.1) is 0 Å². The van der Waals surface area contributed by atoms with Crippen LogP contribution in [0.2, 0.25) is 0 Å². The molecule has 18 heavy (non-hydrogen) atoms. The SMILES string of the molecule is COc1ccc([C@H](C)NC2CCCC(N)C2)cc1. The molecule has 1 saturated carbocycles. The van der Waals surface area contributed by atoms with Gasteiger partial charge in [0, 0.05) is 18.1 Å². The van der Waals surface area contributed by atoms with Crippen molar-refractivity contribution < 1.29 is 4.74 Å². The Hall–Kier alpha value is -1.06. The number of ether oxygens (including phenoxy) is 1. The lowest BCUT2D eigenvalue weighted by Crippen LogP contribution is -2.40. The number of nitrogens with one attached hydrogen (secondary N) is 1. The molecule has 1 aliphatic carbocycles. The van der Waals surface area contributed by atoms with E-state index in [2.05, 4.69) is 24.4 Å². The second kappa shape index (κ2) is 6.21. The molecule has 100 valence electrons. The van der Waals surface area contributed by atoms with E-state index < -0.39 is 0 Å².